The fourth-order valence-electron chi connectivity index (χ4n) is 3.29. The topological polar surface area (TPSA) is 35.2 Å². The van der Waals surface area contributed by atoms with E-state index in [4.69, 9.17) is 10.5 Å². The Labute approximate surface area is 121 Å². The van der Waals surface area contributed by atoms with Crippen LogP contribution in [0.3, 0.4) is 0 Å². The van der Waals surface area contributed by atoms with E-state index >= 15 is 0 Å². The van der Waals surface area contributed by atoms with Crippen molar-refractivity contribution >= 4 is 11.8 Å². The first-order chi connectivity index (χ1) is 9.20. The summed E-state index contributed by atoms with van der Waals surface area (Å²) in [6, 6.07) is 4.55. The van der Waals surface area contributed by atoms with Gasteiger partial charge in [-0.2, -0.15) is 0 Å². The summed E-state index contributed by atoms with van der Waals surface area (Å²) in [7, 11) is 1.76. The van der Waals surface area contributed by atoms with Crippen LogP contribution in [0.5, 0.6) is 5.75 Å². The van der Waals surface area contributed by atoms with Gasteiger partial charge in [0.15, 0.2) is 0 Å². The molecular formula is C16H25NOS. The Kier molecular flexibility index (Phi) is 4.80. The number of rotatable bonds is 5. The summed E-state index contributed by atoms with van der Waals surface area (Å²) in [4.78, 5) is 1.38. The standard InChI is InChI=1S/C16H25NOS/c1-4-12-9-15(19-3)13(10-14(12)18-2)16(11-17)7-5-6-8-16/h9-10H,4-8,11,17H2,1-3H3. The van der Waals surface area contributed by atoms with Crippen molar-refractivity contribution < 1.29 is 4.74 Å². The Morgan fingerprint density at radius 1 is 1.32 bits per heavy atom. The third-order valence-electron chi connectivity index (χ3n) is 4.51. The van der Waals surface area contributed by atoms with Gasteiger partial charge in [0.1, 0.15) is 5.75 Å². The SMILES string of the molecule is CCc1cc(SC)c(C2(CN)CCCC2)cc1OC. The van der Waals surface area contributed by atoms with Gasteiger partial charge in [0.05, 0.1) is 7.11 Å². The Morgan fingerprint density at radius 2 is 2.00 bits per heavy atom. The summed E-state index contributed by atoms with van der Waals surface area (Å²) in [6.45, 7) is 2.92. The van der Waals surface area contributed by atoms with Gasteiger partial charge in [-0.3, -0.25) is 0 Å². The second-order valence-electron chi connectivity index (χ2n) is 5.41. The summed E-state index contributed by atoms with van der Waals surface area (Å²) < 4.78 is 5.58. The highest BCUT2D eigenvalue weighted by atomic mass is 32.2. The number of methoxy groups -OCH3 is 1. The second-order valence-corrected chi connectivity index (χ2v) is 6.26. The molecule has 0 saturated heterocycles. The zero-order valence-corrected chi connectivity index (χ0v) is 13.1. The number of aryl methyl sites for hydroxylation is 1. The van der Waals surface area contributed by atoms with Crippen molar-refractivity contribution in [2.24, 2.45) is 5.73 Å². The van der Waals surface area contributed by atoms with Crippen molar-refractivity contribution in [1.29, 1.82) is 0 Å². The van der Waals surface area contributed by atoms with Gasteiger partial charge in [-0.15, -0.1) is 11.8 Å². The average Bonchev–Trinajstić information content (AvgIpc) is 2.95. The van der Waals surface area contributed by atoms with Crippen molar-refractivity contribution in [3.05, 3.63) is 23.3 Å². The average molecular weight is 279 g/mol. The number of thioether (sulfide) groups is 1. The number of hydrogen-bond acceptors (Lipinski definition) is 3. The third kappa shape index (κ3) is 2.63. The van der Waals surface area contributed by atoms with Crippen LogP contribution < -0.4 is 10.5 Å². The maximum absolute atomic E-state index is 6.14. The summed E-state index contributed by atoms with van der Waals surface area (Å²) >= 11 is 1.83. The highest BCUT2D eigenvalue weighted by Crippen LogP contribution is 2.45. The van der Waals surface area contributed by atoms with Crippen LogP contribution in [0.2, 0.25) is 0 Å². The highest BCUT2D eigenvalue weighted by molar-refractivity contribution is 7.98. The first-order valence-corrected chi connectivity index (χ1v) is 8.38. The van der Waals surface area contributed by atoms with Gasteiger partial charge < -0.3 is 10.5 Å². The number of ether oxygens (including phenoxy) is 1. The number of nitrogens with two attached hydrogens (primary N) is 1. The van der Waals surface area contributed by atoms with Crippen LogP contribution in [0, 0.1) is 0 Å². The first kappa shape index (κ1) is 14.7. The summed E-state index contributed by atoms with van der Waals surface area (Å²) in [5, 5.41) is 0. The smallest absolute Gasteiger partial charge is 0.122 e. The van der Waals surface area contributed by atoms with Gasteiger partial charge in [0.2, 0.25) is 0 Å². The van der Waals surface area contributed by atoms with Gasteiger partial charge >= 0.3 is 0 Å². The van der Waals surface area contributed by atoms with E-state index in [9.17, 15) is 0 Å². The fourth-order valence-corrected chi connectivity index (χ4v) is 4.04. The molecule has 0 radical (unpaired) electrons. The maximum atomic E-state index is 6.14. The van der Waals surface area contributed by atoms with E-state index in [2.05, 4.69) is 25.3 Å². The number of hydrogen-bond donors (Lipinski definition) is 1. The van der Waals surface area contributed by atoms with Crippen LogP contribution in [-0.2, 0) is 11.8 Å². The van der Waals surface area contributed by atoms with E-state index in [0.717, 1.165) is 18.7 Å². The molecule has 1 aliphatic rings. The lowest BCUT2D eigenvalue weighted by molar-refractivity contribution is 0.401. The first-order valence-electron chi connectivity index (χ1n) is 7.16. The molecule has 2 N–H and O–H groups in total. The van der Waals surface area contributed by atoms with Crippen LogP contribution in [0.4, 0.5) is 0 Å². The molecule has 0 heterocycles. The van der Waals surface area contributed by atoms with Crippen molar-refractivity contribution in [3.8, 4) is 5.75 Å². The van der Waals surface area contributed by atoms with Crippen LogP contribution >= 0.6 is 11.8 Å². The lowest BCUT2D eigenvalue weighted by atomic mass is 9.78. The van der Waals surface area contributed by atoms with E-state index in [0.29, 0.717) is 0 Å². The molecule has 1 aliphatic carbocycles. The van der Waals surface area contributed by atoms with Crippen LogP contribution in [0.15, 0.2) is 17.0 Å². The molecule has 0 unspecified atom stereocenters. The number of benzene rings is 1. The molecule has 0 amide bonds. The van der Waals surface area contributed by atoms with Crippen LogP contribution in [0.25, 0.3) is 0 Å². The van der Waals surface area contributed by atoms with Crippen molar-refractivity contribution in [2.45, 2.75) is 49.3 Å². The fraction of sp³-hybridized carbons (Fsp3) is 0.625. The second kappa shape index (κ2) is 6.19. The summed E-state index contributed by atoms with van der Waals surface area (Å²) in [5.74, 6) is 1.02. The minimum Gasteiger partial charge on any atom is -0.496 e. The molecule has 3 heteroatoms. The monoisotopic (exact) mass is 279 g/mol. The van der Waals surface area contributed by atoms with E-state index in [1.54, 1.807) is 7.11 Å². The van der Waals surface area contributed by atoms with E-state index in [1.165, 1.54) is 41.7 Å². The van der Waals surface area contributed by atoms with Gasteiger partial charge in [-0.05, 0) is 48.8 Å². The Morgan fingerprint density at radius 3 is 2.47 bits per heavy atom. The quantitative estimate of drug-likeness (QED) is 0.834. The van der Waals surface area contributed by atoms with Gasteiger partial charge in [-0.1, -0.05) is 19.8 Å². The molecule has 106 valence electrons. The van der Waals surface area contributed by atoms with Gasteiger partial charge in [-0.25, -0.2) is 0 Å². The summed E-state index contributed by atoms with van der Waals surface area (Å²) in [6.07, 6.45) is 8.18. The molecule has 0 aliphatic heterocycles. The van der Waals surface area contributed by atoms with E-state index in [-0.39, 0.29) is 5.41 Å². The van der Waals surface area contributed by atoms with Crippen molar-refractivity contribution in [3.63, 3.8) is 0 Å². The zero-order valence-electron chi connectivity index (χ0n) is 12.3. The van der Waals surface area contributed by atoms with E-state index < -0.39 is 0 Å². The predicted molar refractivity (Wildman–Crippen MR) is 83.4 cm³/mol. The largest absolute Gasteiger partial charge is 0.496 e. The molecule has 2 nitrogen and oxygen atoms in total. The molecule has 1 saturated carbocycles. The molecule has 1 aromatic carbocycles. The lowest BCUT2D eigenvalue weighted by Gasteiger charge is -2.31. The van der Waals surface area contributed by atoms with Crippen molar-refractivity contribution in [1.82, 2.24) is 0 Å². The predicted octanol–water partition coefficient (Wildman–Crippen LogP) is 3.75. The third-order valence-corrected chi connectivity index (χ3v) is 5.28. The van der Waals surface area contributed by atoms with Gasteiger partial charge in [0, 0.05) is 16.9 Å². The molecule has 1 fully saturated rings. The van der Waals surface area contributed by atoms with Crippen LogP contribution in [-0.4, -0.2) is 19.9 Å². The van der Waals surface area contributed by atoms with Gasteiger partial charge in [0.25, 0.3) is 0 Å². The minimum atomic E-state index is 0.178. The van der Waals surface area contributed by atoms with Crippen LogP contribution in [0.1, 0.15) is 43.7 Å². The van der Waals surface area contributed by atoms with E-state index in [1.807, 2.05) is 11.8 Å². The zero-order chi connectivity index (χ0) is 13.9. The molecule has 0 bridgehead atoms. The molecule has 1 aromatic rings. The Balaban J connectivity index is 2.54. The maximum Gasteiger partial charge on any atom is 0.122 e. The summed E-state index contributed by atoms with van der Waals surface area (Å²) in [5.41, 5.74) is 9.02. The molecule has 19 heavy (non-hydrogen) atoms. The normalized spacial score (nSPS) is 17.7. The molecule has 0 spiro atoms. The molecule has 0 atom stereocenters. The minimum absolute atomic E-state index is 0.178. The Bertz CT molecular complexity index is 439. The molecule has 2 rings (SSSR count). The molecular weight excluding hydrogens is 254 g/mol. The lowest BCUT2D eigenvalue weighted by Crippen LogP contribution is -2.32. The highest BCUT2D eigenvalue weighted by Gasteiger charge is 2.36. The van der Waals surface area contributed by atoms with Crippen molar-refractivity contribution in [2.75, 3.05) is 19.9 Å². The molecule has 0 aromatic heterocycles. The Hall–Kier alpha value is -0.670.